The van der Waals surface area contributed by atoms with Gasteiger partial charge in [0.2, 0.25) is 5.16 Å². The van der Waals surface area contributed by atoms with Crippen LogP contribution in [0.2, 0.25) is 5.02 Å². The molecule has 0 unspecified atom stereocenters. The summed E-state index contributed by atoms with van der Waals surface area (Å²) in [5, 5.41) is 17.1. The van der Waals surface area contributed by atoms with Crippen molar-refractivity contribution < 1.29 is 4.68 Å². The van der Waals surface area contributed by atoms with Gasteiger partial charge in [0.05, 0.1) is 28.7 Å². The zero-order chi connectivity index (χ0) is 23.8. The number of halogens is 1. The van der Waals surface area contributed by atoms with Gasteiger partial charge in [-0.15, -0.1) is 0 Å². The van der Waals surface area contributed by atoms with Crippen LogP contribution in [0.3, 0.4) is 0 Å². The number of aromatic nitrogens is 5. The Morgan fingerprint density at radius 3 is 2.57 bits per heavy atom. The van der Waals surface area contributed by atoms with Crippen LogP contribution >= 0.6 is 23.4 Å². The monoisotopic (exact) mass is 499 g/mol. The molecule has 1 atom stereocenters. The second-order valence-electron chi connectivity index (χ2n) is 8.13. The molecule has 0 aliphatic carbocycles. The molecule has 3 aromatic carbocycles. The van der Waals surface area contributed by atoms with Crippen molar-refractivity contribution in [3.8, 4) is 22.5 Å². The number of anilines is 1. The Bertz CT molecular complexity index is 1570. The summed E-state index contributed by atoms with van der Waals surface area (Å²) in [4.78, 5) is 16.3. The van der Waals surface area contributed by atoms with E-state index < -0.39 is 6.17 Å². The van der Waals surface area contributed by atoms with Crippen molar-refractivity contribution >= 4 is 29.1 Å². The van der Waals surface area contributed by atoms with Gasteiger partial charge in [-0.1, -0.05) is 78.0 Å². The molecule has 0 amide bonds. The lowest BCUT2D eigenvalue weighted by molar-refractivity contribution is -0.759. The highest BCUT2D eigenvalue weighted by Crippen LogP contribution is 2.34. The summed E-state index contributed by atoms with van der Waals surface area (Å²) in [5.74, 6) is 0.648. The maximum absolute atomic E-state index is 13.4. The number of aromatic amines is 2. The van der Waals surface area contributed by atoms with Crippen LogP contribution in [0.1, 0.15) is 17.3 Å². The minimum atomic E-state index is -0.425. The van der Waals surface area contributed by atoms with E-state index in [1.54, 1.807) is 10.9 Å². The standard InChI is InChI=1S/C26H19ClN6OS/c27-18-12-10-16(11-13-18)15-35-26-30-25(34)23-19-8-4-5-9-21(19)29-24(33(23)32-26)20-14-28-31-22(20)17-6-2-1-3-7-17/h1-14,24H,15H2,(H2,28,30,31,32,34)/p+1/t24-/m1/s1. The van der Waals surface area contributed by atoms with E-state index in [9.17, 15) is 4.79 Å². The molecule has 1 aliphatic rings. The van der Waals surface area contributed by atoms with Gasteiger partial charge in [-0.25, -0.2) is 0 Å². The van der Waals surface area contributed by atoms with E-state index in [2.05, 4.69) is 20.5 Å². The van der Waals surface area contributed by atoms with Crippen LogP contribution in [0.4, 0.5) is 5.69 Å². The fraction of sp³-hybridized carbons (Fsp3) is 0.0769. The van der Waals surface area contributed by atoms with Gasteiger partial charge >= 0.3 is 11.3 Å². The van der Waals surface area contributed by atoms with Crippen molar-refractivity contribution in [2.24, 2.45) is 0 Å². The van der Waals surface area contributed by atoms with Gasteiger partial charge in [-0.3, -0.25) is 14.9 Å². The number of nitrogens with zero attached hydrogens (tertiary/aromatic N) is 3. The highest BCUT2D eigenvalue weighted by atomic mass is 35.5. The summed E-state index contributed by atoms with van der Waals surface area (Å²) in [6, 6.07) is 25.4. The third kappa shape index (κ3) is 4.11. The summed E-state index contributed by atoms with van der Waals surface area (Å²) >= 11 is 7.47. The van der Waals surface area contributed by atoms with Crippen LogP contribution in [0.15, 0.2) is 95.0 Å². The van der Waals surface area contributed by atoms with Crippen LogP contribution in [0.5, 0.6) is 0 Å². The predicted molar refractivity (Wildman–Crippen MR) is 137 cm³/mol. The van der Waals surface area contributed by atoms with Crippen molar-refractivity contribution in [1.29, 1.82) is 0 Å². The molecule has 0 fully saturated rings. The summed E-state index contributed by atoms with van der Waals surface area (Å²) < 4.78 is 1.77. The van der Waals surface area contributed by atoms with Gasteiger partial charge in [-0.2, -0.15) is 5.10 Å². The van der Waals surface area contributed by atoms with Crippen LogP contribution in [-0.2, 0) is 5.75 Å². The molecule has 172 valence electrons. The van der Waals surface area contributed by atoms with E-state index >= 15 is 0 Å². The van der Waals surface area contributed by atoms with Gasteiger partial charge in [0.15, 0.2) is 0 Å². The lowest BCUT2D eigenvalue weighted by Gasteiger charge is -2.22. The maximum Gasteiger partial charge on any atom is 0.325 e. The molecule has 0 spiro atoms. The highest BCUT2D eigenvalue weighted by molar-refractivity contribution is 7.98. The Kier molecular flexibility index (Phi) is 5.60. The van der Waals surface area contributed by atoms with Gasteiger partial charge in [0.1, 0.15) is 0 Å². The maximum atomic E-state index is 13.4. The smallest absolute Gasteiger partial charge is 0.321 e. The lowest BCUT2D eigenvalue weighted by atomic mass is 10.0. The average molecular weight is 500 g/mol. The zero-order valence-corrected chi connectivity index (χ0v) is 20.0. The molecule has 7 nitrogen and oxygen atoms in total. The summed E-state index contributed by atoms with van der Waals surface area (Å²) in [7, 11) is 0. The second kappa shape index (κ2) is 9.05. The van der Waals surface area contributed by atoms with E-state index in [-0.39, 0.29) is 5.56 Å². The van der Waals surface area contributed by atoms with Crippen LogP contribution in [0.25, 0.3) is 22.5 Å². The Balaban J connectivity index is 1.45. The van der Waals surface area contributed by atoms with Crippen molar-refractivity contribution in [1.82, 2.24) is 20.3 Å². The minimum absolute atomic E-state index is 0.192. The number of nitrogens with one attached hydrogen (secondary N) is 3. The molecular formula is C26H20ClN6OS+. The molecule has 3 N–H and O–H groups in total. The molecule has 35 heavy (non-hydrogen) atoms. The third-order valence-corrected chi connectivity index (χ3v) is 7.08. The SMILES string of the molecule is O=c1[nH]c(SCc2ccc(Cl)cc2)n[n+]2c1-c1ccccc1N[C@H]2c1cn[nH]c1-c1ccccc1. The normalized spacial score (nSPS) is 14.1. The van der Waals surface area contributed by atoms with Crippen LogP contribution < -0.4 is 15.6 Å². The summed E-state index contributed by atoms with van der Waals surface area (Å²) in [6.07, 6.45) is 1.36. The molecule has 0 radical (unpaired) electrons. The Labute approximate surface area is 210 Å². The third-order valence-electron chi connectivity index (χ3n) is 5.90. The molecule has 2 aromatic heterocycles. The van der Waals surface area contributed by atoms with Gasteiger partial charge in [0.25, 0.3) is 6.17 Å². The molecule has 3 heterocycles. The Hall–Kier alpha value is -3.88. The van der Waals surface area contributed by atoms with Crippen molar-refractivity contribution in [3.05, 3.63) is 112 Å². The first kappa shape index (κ1) is 21.6. The summed E-state index contributed by atoms with van der Waals surface area (Å²) in [5.41, 5.74) is 5.84. The molecule has 0 saturated carbocycles. The Morgan fingerprint density at radius 1 is 0.971 bits per heavy atom. The lowest BCUT2D eigenvalue weighted by Crippen LogP contribution is -2.55. The summed E-state index contributed by atoms with van der Waals surface area (Å²) in [6.45, 7) is 0. The van der Waals surface area contributed by atoms with Gasteiger partial charge in [0, 0.05) is 21.4 Å². The number of fused-ring (bicyclic) bond motifs is 3. The number of para-hydroxylation sites is 1. The van der Waals surface area contributed by atoms with E-state index in [0.717, 1.165) is 33.6 Å². The van der Waals surface area contributed by atoms with E-state index in [4.69, 9.17) is 16.7 Å². The quantitative estimate of drug-likeness (QED) is 0.233. The zero-order valence-electron chi connectivity index (χ0n) is 18.4. The molecule has 1 aliphatic heterocycles. The number of hydrogen-bond donors (Lipinski definition) is 3. The van der Waals surface area contributed by atoms with Crippen molar-refractivity contribution in [2.45, 2.75) is 17.1 Å². The molecule has 0 saturated heterocycles. The average Bonchev–Trinajstić information content (AvgIpc) is 3.38. The van der Waals surface area contributed by atoms with Crippen molar-refractivity contribution in [3.63, 3.8) is 0 Å². The number of thioether (sulfide) groups is 1. The number of rotatable bonds is 5. The van der Waals surface area contributed by atoms with Gasteiger partial charge < -0.3 is 5.32 Å². The van der Waals surface area contributed by atoms with Crippen LogP contribution in [0, 0.1) is 0 Å². The van der Waals surface area contributed by atoms with Crippen molar-refractivity contribution in [2.75, 3.05) is 5.32 Å². The first-order chi connectivity index (χ1) is 17.2. The molecule has 0 bridgehead atoms. The largest absolute Gasteiger partial charge is 0.325 e. The number of H-pyrrole nitrogens is 2. The Morgan fingerprint density at radius 2 is 1.74 bits per heavy atom. The molecular weight excluding hydrogens is 480 g/mol. The fourth-order valence-electron chi connectivity index (χ4n) is 4.24. The molecule has 9 heteroatoms. The van der Waals surface area contributed by atoms with E-state index in [1.807, 2.05) is 78.9 Å². The number of hydrogen-bond acceptors (Lipinski definition) is 5. The first-order valence-electron chi connectivity index (χ1n) is 11.1. The van der Waals surface area contributed by atoms with Gasteiger partial charge in [-0.05, 0) is 34.5 Å². The number of benzene rings is 3. The molecule has 6 rings (SSSR count). The van der Waals surface area contributed by atoms with E-state index in [1.165, 1.54) is 11.8 Å². The predicted octanol–water partition coefficient (Wildman–Crippen LogP) is 5.03. The fourth-order valence-corrected chi connectivity index (χ4v) is 5.17. The first-order valence-corrected chi connectivity index (χ1v) is 12.4. The van der Waals surface area contributed by atoms with E-state index in [0.29, 0.717) is 21.6 Å². The minimum Gasteiger partial charge on any atom is -0.321 e. The molecule has 5 aromatic rings. The second-order valence-corrected chi connectivity index (χ2v) is 9.53. The topological polar surface area (TPSA) is 90.3 Å². The highest BCUT2D eigenvalue weighted by Gasteiger charge is 2.39. The van der Waals surface area contributed by atoms with Crippen LogP contribution in [-0.4, -0.2) is 20.3 Å².